The lowest BCUT2D eigenvalue weighted by molar-refractivity contribution is -0.134. The summed E-state index contributed by atoms with van der Waals surface area (Å²) in [6.45, 7) is 12.0. The van der Waals surface area contributed by atoms with Gasteiger partial charge in [0.2, 0.25) is 11.8 Å². The summed E-state index contributed by atoms with van der Waals surface area (Å²) in [7, 11) is -11.0. The fraction of sp³-hybridized carbons (Fsp3) is 0.421. The first-order valence-electron chi connectivity index (χ1n) is 26.7. The molecule has 4 heterocycles. The number of rotatable bonds is 19. The van der Waals surface area contributed by atoms with Crippen LogP contribution in [-0.2, 0) is 36.0 Å². The van der Waals surface area contributed by atoms with E-state index in [1.54, 1.807) is 18.3 Å². The molecule has 0 bridgehead atoms. The Labute approximate surface area is 474 Å². The number of allylic oxidation sites excluding steroid dienone is 1. The quantitative estimate of drug-likeness (QED) is 0.0525. The van der Waals surface area contributed by atoms with Gasteiger partial charge in [0, 0.05) is 123 Å². The number of amides is 3. The van der Waals surface area contributed by atoms with Gasteiger partial charge in [-0.3, -0.25) is 29.5 Å². The van der Waals surface area contributed by atoms with Gasteiger partial charge in [-0.15, -0.1) is 11.8 Å². The van der Waals surface area contributed by atoms with Crippen LogP contribution in [0.15, 0.2) is 130 Å². The molecule has 5 aromatic rings. The van der Waals surface area contributed by atoms with Crippen LogP contribution in [0, 0.1) is 5.41 Å². The molecule has 3 fully saturated rings. The van der Waals surface area contributed by atoms with Crippen LogP contribution in [0.2, 0.25) is 5.02 Å². The maximum absolute atomic E-state index is 14.5. The minimum absolute atomic E-state index is 0.0242. The normalized spacial score (nSPS) is 19.4. The third kappa shape index (κ3) is 14.6. The van der Waals surface area contributed by atoms with Crippen molar-refractivity contribution in [2.75, 3.05) is 81.4 Å². The molecule has 1 aromatic heterocycles. The van der Waals surface area contributed by atoms with Gasteiger partial charge < -0.3 is 15.1 Å². The highest BCUT2D eigenvalue weighted by Crippen LogP contribution is 2.43. The third-order valence-corrected chi connectivity index (χ3v) is 19.6. The second-order valence-electron chi connectivity index (χ2n) is 21.6. The molecule has 0 spiro atoms. The van der Waals surface area contributed by atoms with Gasteiger partial charge in [-0.05, 0) is 115 Å². The number of aromatic nitrogens is 2. The first kappa shape index (κ1) is 58.8. The van der Waals surface area contributed by atoms with E-state index in [2.05, 4.69) is 66.2 Å². The molecule has 23 heteroatoms. The Morgan fingerprint density at radius 3 is 2.21 bits per heavy atom. The monoisotopic (exact) mass is 1180 g/mol. The Hall–Kier alpha value is -5.88. The summed E-state index contributed by atoms with van der Waals surface area (Å²) in [6, 6.07) is 25.5. The van der Waals surface area contributed by atoms with Crippen molar-refractivity contribution in [2.45, 2.75) is 91.1 Å². The Bertz CT molecular complexity index is 3300. The van der Waals surface area contributed by atoms with E-state index in [4.69, 9.17) is 11.6 Å². The van der Waals surface area contributed by atoms with Crippen LogP contribution < -0.4 is 20.3 Å². The number of thioether (sulfide) groups is 1. The lowest BCUT2D eigenvalue weighted by Gasteiger charge is -2.39. The number of piperidine rings is 1. The van der Waals surface area contributed by atoms with E-state index in [-0.39, 0.29) is 29.2 Å². The molecule has 0 radical (unpaired) electrons. The summed E-state index contributed by atoms with van der Waals surface area (Å²) < 4.78 is 99.5. The van der Waals surface area contributed by atoms with E-state index in [0.717, 1.165) is 80.3 Å². The summed E-state index contributed by atoms with van der Waals surface area (Å²) >= 11 is 7.63. The van der Waals surface area contributed by atoms with Crippen molar-refractivity contribution in [3.05, 3.63) is 143 Å². The van der Waals surface area contributed by atoms with Gasteiger partial charge in [0.1, 0.15) is 11.2 Å². The molecule has 1 unspecified atom stereocenters. The zero-order valence-corrected chi connectivity index (χ0v) is 47.8. The second kappa shape index (κ2) is 25.1. The van der Waals surface area contributed by atoms with Crippen molar-refractivity contribution in [3.8, 4) is 0 Å². The first-order valence-corrected chi connectivity index (χ1v) is 31.0. The minimum atomic E-state index is -6.14. The van der Waals surface area contributed by atoms with E-state index in [0.29, 0.717) is 74.6 Å². The molecule has 3 aliphatic heterocycles. The number of benzene rings is 4. The Kier molecular flexibility index (Phi) is 18.4. The number of hydrogen-bond acceptors (Lipinski definition) is 15. The summed E-state index contributed by atoms with van der Waals surface area (Å²) in [5.41, 5.74) is 0.165. The number of sulfonamides is 1. The second-order valence-corrected chi connectivity index (χ2v) is 26.7. The maximum Gasteiger partial charge on any atom is 0.501 e. The smallest absolute Gasteiger partial charge is 0.380 e. The van der Waals surface area contributed by atoms with Crippen molar-refractivity contribution < 1.29 is 44.4 Å². The number of carbonyl (C=O) groups excluding carboxylic acids is 3. The van der Waals surface area contributed by atoms with Crippen LogP contribution in [0.5, 0.6) is 0 Å². The van der Waals surface area contributed by atoms with Crippen LogP contribution in [0.1, 0.15) is 85.5 Å². The van der Waals surface area contributed by atoms with E-state index in [1.165, 1.54) is 46.9 Å². The summed E-state index contributed by atoms with van der Waals surface area (Å²) in [5.74, 6) is -2.01. The van der Waals surface area contributed by atoms with Crippen LogP contribution in [0.4, 0.5) is 24.5 Å². The molecule has 426 valence electrons. The Balaban J connectivity index is 0.839. The highest BCUT2D eigenvalue weighted by molar-refractivity contribution is 7.99. The largest absolute Gasteiger partial charge is 0.501 e. The molecule has 1 aliphatic carbocycles. The topological polar surface area (TPSA) is 194 Å². The summed E-state index contributed by atoms with van der Waals surface area (Å²) in [5, 5.41) is 6.13. The number of nitrogens with zero attached hydrogens (tertiary/aromatic N) is 6. The van der Waals surface area contributed by atoms with Crippen LogP contribution in [0.3, 0.4) is 0 Å². The number of sulfone groups is 1. The van der Waals surface area contributed by atoms with Gasteiger partial charge in [0.05, 0.1) is 22.2 Å². The SMILES string of the molecule is CC1(C)CCC(c2ccc(Cl)cc2)=C(CN2CCN(c3ccc(C(=O)NS(=O)(=O)c4ccc(N[C@H](CCN5CCN(Cc6cncnc6C6CCC(=O)NC6=O)CC5)CSc5ccccc5)c(S(=O)(=O)C(F)(F)F)c4)cc3)CC2)C1. The number of alkyl halides is 3. The molecule has 16 nitrogen and oxygen atoms in total. The minimum Gasteiger partial charge on any atom is -0.380 e. The molecular formula is C57H65ClF3N9O7S3. The van der Waals surface area contributed by atoms with Gasteiger partial charge in [0.15, 0.2) is 0 Å². The van der Waals surface area contributed by atoms with E-state index >= 15 is 0 Å². The molecule has 3 amide bonds. The van der Waals surface area contributed by atoms with Crippen molar-refractivity contribution in [1.29, 1.82) is 0 Å². The van der Waals surface area contributed by atoms with E-state index in [9.17, 15) is 44.4 Å². The molecule has 0 saturated carbocycles. The zero-order valence-electron chi connectivity index (χ0n) is 44.6. The average molecular weight is 1180 g/mol. The Morgan fingerprint density at radius 1 is 0.850 bits per heavy atom. The van der Waals surface area contributed by atoms with Gasteiger partial charge in [-0.25, -0.2) is 31.5 Å². The molecule has 9 rings (SSSR count). The molecular weight excluding hydrogens is 1110 g/mol. The van der Waals surface area contributed by atoms with Gasteiger partial charge >= 0.3 is 5.51 Å². The molecule has 2 atom stereocenters. The van der Waals surface area contributed by atoms with Gasteiger partial charge in [-0.2, -0.15) is 13.2 Å². The number of nitrogens with one attached hydrogen (secondary N) is 3. The summed E-state index contributed by atoms with van der Waals surface area (Å²) in [6.07, 6.45) is 7.12. The first-order chi connectivity index (χ1) is 38.1. The van der Waals surface area contributed by atoms with Crippen molar-refractivity contribution in [3.63, 3.8) is 0 Å². The number of halogens is 4. The Morgan fingerprint density at radius 2 is 1.52 bits per heavy atom. The van der Waals surface area contributed by atoms with Crippen LogP contribution in [0.25, 0.3) is 5.57 Å². The lowest BCUT2D eigenvalue weighted by atomic mass is 9.73. The summed E-state index contributed by atoms with van der Waals surface area (Å²) in [4.78, 5) is 54.4. The van der Waals surface area contributed by atoms with Gasteiger partial charge in [-0.1, -0.05) is 61.4 Å². The molecule has 3 saturated heterocycles. The average Bonchev–Trinajstić information content (AvgIpc) is 3.52. The van der Waals surface area contributed by atoms with Gasteiger partial charge in [0.25, 0.3) is 25.8 Å². The van der Waals surface area contributed by atoms with Crippen molar-refractivity contribution >= 4 is 77.9 Å². The predicted octanol–water partition coefficient (Wildman–Crippen LogP) is 8.63. The molecule has 4 aliphatic rings. The standard InChI is InChI=1S/C57H65ClF3N9O7S3/c1-56(2)22-20-48(39-8-12-43(58)13-9-39)41(33-56)35-69-28-30-70(31-29-69)45-14-10-40(11-15-45)54(72)66-80(76,77)47-16-18-50(51(32-47)79(74,75)57(59,60)61)64-44(37-78-46-6-4-3-5-7-46)21-23-67-24-26-68(27-25-67)36-42-34-62-38-63-53(42)49-17-19-52(71)65-55(49)73/h3-16,18,32,34,38,44,49,64H,17,19-31,33,35-37H2,1-2H3,(H,66,72)(H,65,71,73)/t44-,49?/m1/s1. The van der Waals surface area contributed by atoms with Crippen LogP contribution in [-0.4, -0.2) is 142 Å². The third-order valence-electron chi connectivity index (χ3n) is 15.3. The zero-order chi connectivity index (χ0) is 56.8. The number of imide groups is 1. The highest BCUT2D eigenvalue weighted by Gasteiger charge is 2.48. The number of anilines is 2. The van der Waals surface area contributed by atoms with Crippen molar-refractivity contribution in [1.82, 2.24) is 34.7 Å². The number of carbonyl (C=O) groups is 3. The fourth-order valence-electron chi connectivity index (χ4n) is 10.8. The number of piperazine rings is 2. The maximum atomic E-state index is 14.5. The van der Waals surface area contributed by atoms with E-state index in [1.807, 2.05) is 47.2 Å². The number of hydrogen-bond donors (Lipinski definition) is 3. The van der Waals surface area contributed by atoms with Crippen LogP contribution >= 0.6 is 23.4 Å². The predicted molar refractivity (Wildman–Crippen MR) is 304 cm³/mol. The highest BCUT2D eigenvalue weighted by atomic mass is 35.5. The van der Waals surface area contributed by atoms with E-state index < -0.39 is 58.7 Å². The molecule has 4 aromatic carbocycles. The molecule has 80 heavy (non-hydrogen) atoms. The lowest BCUT2D eigenvalue weighted by Crippen LogP contribution is -2.47. The molecule has 3 N–H and O–H groups in total. The van der Waals surface area contributed by atoms with Crippen molar-refractivity contribution in [2.24, 2.45) is 5.41 Å². The fourth-order valence-corrected chi connectivity index (χ4v) is 14.0.